The molecule has 2 N–H and O–H groups in total. The van der Waals surface area contributed by atoms with E-state index in [0.717, 1.165) is 16.6 Å². The fraction of sp³-hybridized carbons (Fsp3) is 0.143. The van der Waals surface area contributed by atoms with Crippen molar-refractivity contribution in [1.82, 2.24) is 4.90 Å². The molecule has 0 atom stereocenters. The van der Waals surface area contributed by atoms with Gasteiger partial charge >= 0.3 is 0 Å². The van der Waals surface area contributed by atoms with Crippen LogP contribution in [0, 0.1) is 0 Å². The number of rotatable bonds is 5. The van der Waals surface area contributed by atoms with Crippen molar-refractivity contribution >= 4 is 28.3 Å². The molecule has 0 saturated heterocycles. The number of amides is 2. The Morgan fingerprint density at radius 3 is 2.31 bits per heavy atom. The molecule has 2 amide bonds. The number of anilines is 1. The second kappa shape index (κ2) is 6.61. The van der Waals surface area contributed by atoms with E-state index < -0.39 is 0 Å². The number of hydrogen-bond donors (Lipinski definition) is 2. The molecule has 0 unspecified atom stereocenters. The molecule has 3 aromatic rings. The van der Waals surface area contributed by atoms with Gasteiger partial charge in [0.2, 0.25) is 0 Å². The second-order valence-electron chi connectivity index (χ2n) is 6.22. The Balaban J connectivity index is 1.80. The van der Waals surface area contributed by atoms with Crippen molar-refractivity contribution in [2.75, 3.05) is 18.5 Å². The largest absolute Gasteiger partial charge is 0.395 e. The normalized spacial score (nSPS) is 13.3. The number of aliphatic hydroxyl groups excluding tert-OH is 1. The molecule has 0 radical (unpaired) electrons. The minimum Gasteiger partial charge on any atom is -0.395 e. The molecule has 130 valence electrons. The third kappa shape index (κ3) is 2.62. The average molecular weight is 346 g/mol. The summed E-state index contributed by atoms with van der Waals surface area (Å²) in [7, 11) is 0. The first-order chi connectivity index (χ1) is 12.7. The van der Waals surface area contributed by atoms with Crippen molar-refractivity contribution in [1.29, 1.82) is 0 Å². The van der Waals surface area contributed by atoms with Crippen LogP contribution in [-0.2, 0) is 6.54 Å². The highest BCUT2D eigenvalue weighted by molar-refractivity contribution is 6.26. The molecule has 0 bridgehead atoms. The van der Waals surface area contributed by atoms with Gasteiger partial charge in [-0.1, -0.05) is 42.5 Å². The van der Waals surface area contributed by atoms with Crippen molar-refractivity contribution < 1.29 is 14.7 Å². The van der Waals surface area contributed by atoms with Gasteiger partial charge in [0.25, 0.3) is 11.8 Å². The molecule has 1 aliphatic rings. The van der Waals surface area contributed by atoms with E-state index in [0.29, 0.717) is 23.1 Å². The molecule has 26 heavy (non-hydrogen) atoms. The van der Waals surface area contributed by atoms with Crippen LogP contribution in [-0.4, -0.2) is 35.0 Å². The van der Waals surface area contributed by atoms with Gasteiger partial charge in [0.05, 0.1) is 13.2 Å². The third-order valence-corrected chi connectivity index (χ3v) is 4.60. The Kier molecular flexibility index (Phi) is 4.14. The number of benzene rings is 3. The van der Waals surface area contributed by atoms with E-state index in [1.807, 2.05) is 48.5 Å². The second-order valence-corrected chi connectivity index (χ2v) is 6.22. The van der Waals surface area contributed by atoms with E-state index in [2.05, 4.69) is 5.32 Å². The number of nitrogens with one attached hydrogen (secondary N) is 1. The smallest absolute Gasteiger partial charge is 0.261 e. The summed E-state index contributed by atoms with van der Waals surface area (Å²) in [6.07, 6.45) is 0. The van der Waals surface area contributed by atoms with Crippen molar-refractivity contribution in [3.63, 3.8) is 0 Å². The Bertz CT molecular complexity index is 977. The standard InChI is InChI=1S/C21H18N2O3/c24-12-11-22-18-10-9-17-19-15(18)7-4-8-16(19)20(25)23(21(17)26)13-14-5-2-1-3-6-14/h1-10,22,24H,11-13H2. The Morgan fingerprint density at radius 2 is 1.58 bits per heavy atom. The highest BCUT2D eigenvalue weighted by Crippen LogP contribution is 2.34. The number of aliphatic hydroxyl groups is 1. The van der Waals surface area contributed by atoms with Gasteiger partial charge in [0.1, 0.15) is 0 Å². The maximum atomic E-state index is 13.0. The Hall–Kier alpha value is -3.18. The van der Waals surface area contributed by atoms with Crippen LogP contribution in [0.4, 0.5) is 5.69 Å². The lowest BCUT2D eigenvalue weighted by molar-refractivity contribution is 0.0598. The molecule has 0 saturated carbocycles. The number of hydrogen-bond acceptors (Lipinski definition) is 4. The summed E-state index contributed by atoms with van der Waals surface area (Å²) in [5, 5.41) is 13.7. The fourth-order valence-electron chi connectivity index (χ4n) is 3.40. The third-order valence-electron chi connectivity index (χ3n) is 4.60. The van der Waals surface area contributed by atoms with Crippen molar-refractivity contribution in [3.8, 4) is 0 Å². The summed E-state index contributed by atoms with van der Waals surface area (Å²) >= 11 is 0. The van der Waals surface area contributed by atoms with Crippen LogP contribution in [0.15, 0.2) is 60.7 Å². The lowest BCUT2D eigenvalue weighted by Crippen LogP contribution is -2.39. The van der Waals surface area contributed by atoms with E-state index in [9.17, 15) is 9.59 Å². The highest BCUT2D eigenvalue weighted by Gasteiger charge is 2.33. The summed E-state index contributed by atoms with van der Waals surface area (Å²) < 4.78 is 0. The van der Waals surface area contributed by atoms with Crippen molar-refractivity contribution in [2.45, 2.75) is 6.54 Å². The zero-order chi connectivity index (χ0) is 18.1. The van der Waals surface area contributed by atoms with Gasteiger partial charge in [-0.3, -0.25) is 14.5 Å². The molecular weight excluding hydrogens is 328 g/mol. The Morgan fingerprint density at radius 1 is 0.846 bits per heavy atom. The van der Waals surface area contributed by atoms with Crippen LogP contribution < -0.4 is 5.32 Å². The molecule has 1 heterocycles. The van der Waals surface area contributed by atoms with E-state index in [1.165, 1.54) is 4.90 Å². The molecule has 0 aliphatic carbocycles. The maximum Gasteiger partial charge on any atom is 0.261 e. The summed E-state index contributed by atoms with van der Waals surface area (Å²) in [5.74, 6) is -0.562. The van der Waals surface area contributed by atoms with Crippen LogP contribution in [0.25, 0.3) is 10.8 Å². The van der Waals surface area contributed by atoms with Gasteiger partial charge in [-0.25, -0.2) is 0 Å². The van der Waals surface area contributed by atoms with Crippen molar-refractivity contribution in [2.24, 2.45) is 0 Å². The van der Waals surface area contributed by atoms with Crippen LogP contribution >= 0.6 is 0 Å². The molecule has 5 nitrogen and oxygen atoms in total. The minimum atomic E-state index is -0.281. The number of carbonyl (C=O) groups is 2. The van der Waals surface area contributed by atoms with Gasteiger partial charge in [0, 0.05) is 34.1 Å². The van der Waals surface area contributed by atoms with E-state index >= 15 is 0 Å². The molecule has 1 aliphatic heterocycles. The van der Waals surface area contributed by atoms with Crippen LogP contribution in [0.5, 0.6) is 0 Å². The Labute approximate surface area is 150 Å². The number of carbonyl (C=O) groups excluding carboxylic acids is 2. The molecule has 0 fully saturated rings. The van der Waals surface area contributed by atoms with Crippen LogP contribution in [0.3, 0.4) is 0 Å². The topological polar surface area (TPSA) is 69.6 Å². The summed E-state index contributed by atoms with van der Waals surface area (Å²) in [6, 6.07) is 18.5. The SMILES string of the molecule is O=C1c2cccc3c(NCCO)ccc(c23)C(=O)N1Cc1ccccc1. The zero-order valence-electron chi connectivity index (χ0n) is 14.1. The molecular formula is C21H18N2O3. The van der Waals surface area contributed by atoms with E-state index in [-0.39, 0.29) is 25.0 Å². The van der Waals surface area contributed by atoms with E-state index in [4.69, 9.17) is 5.11 Å². The van der Waals surface area contributed by atoms with Crippen LogP contribution in [0.1, 0.15) is 26.3 Å². The van der Waals surface area contributed by atoms with Crippen LogP contribution in [0.2, 0.25) is 0 Å². The van der Waals surface area contributed by atoms with Gasteiger partial charge in [-0.2, -0.15) is 0 Å². The highest BCUT2D eigenvalue weighted by atomic mass is 16.3. The monoisotopic (exact) mass is 346 g/mol. The quantitative estimate of drug-likeness (QED) is 0.697. The predicted molar refractivity (Wildman–Crippen MR) is 100 cm³/mol. The van der Waals surface area contributed by atoms with Gasteiger partial charge in [-0.05, 0) is 23.8 Å². The molecule has 4 rings (SSSR count). The molecule has 5 heteroatoms. The lowest BCUT2D eigenvalue weighted by atomic mass is 9.92. The molecule has 3 aromatic carbocycles. The predicted octanol–water partition coefficient (Wildman–Crippen LogP) is 3.04. The van der Waals surface area contributed by atoms with E-state index in [1.54, 1.807) is 12.1 Å². The first-order valence-corrected chi connectivity index (χ1v) is 8.51. The first-order valence-electron chi connectivity index (χ1n) is 8.51. The summed E-state index contributed by atoms with van der Waals surface area (Å²) in [5.41, 5.74) is 2.77. The van der Waals surface area contributed by atoms with Gasteiger partial charge in [0.15, 0.2) is 0 Å². The minimum absolute atomic E-state index is 0.00561. The van der Waals surface area contributed by atoms with Crippen molar-refractivity contribution in [3.05, 3.63) is 77.4 Å². The zero-order valence-corrected chi connectivity index (χ0v) is 14.1. The fourth-order valence-corrected chi connectivity index (χ4v) is 3.40. The molecule has 0 aromatic heterocycles. The summed E-state index contributed by atoms with van der Waals surface area (Å²) in [4.78, 5) is 27.3. The molecule has 0 spiro atoms. The van der Waals surface area contributed by atoms with Gasteiger partial charge < -0.3 is 10.4 Å². The maximum absolute atomic E-state index is 13.0. The van der Waals surface area contributed by atoms with Gasteiger partial charge in [-0.15, -0.1) is 0 Å². The number of imide groups is 1. The average Bonchev–Trinajstić information content (AvgIpc) is 2.68. The lowest BCUT2D eigenvalue weighted by Gasteiger charge is -2.28. The number of nitrogens with zero attached hydrogens (tertiary/aromatic N) is 1. The first kappa shape index (κ1) is 16.3. The summed E-state index contributed by atoms with van der Waals surface area (Å²) in [6.45, 7) is 0.658.